The molecule has 0 bridgehead atoms. The maximum atomic E-state index is 13.1. The zero-order valence-electron chi connectivity index (χ0n) is 14.5. The number of carbonyl (C=O) groups excluding carboxylic acids is 1. The number of benzene rings is 1. The number of oxazole rings is 1. The average molecular weight is 342 g/mol. The molecule has 3 heterocycles. The quantitative estimate of drug-likeness (QED) is 0.837. The van der Waals surface area contributed by atoms with Crippen molar-refractivity contribution in [2.75, 3.05) is 24.7 Å². The summed E-state index contributed by atoms with van der Waals surface area (Å²) in [6, 6.07) is 7.58. The summed E-state index contributed by atoms with van der Waals surface area (Å²) in [6.07, 6.45) is 3.22. The van der Waals surface area contributed by atoms with Crippen molar-refractivity contribution < 1.29 is 18.7 Å². The van der Waals surface area contributed by atoms with Crippen molar-refractivity contribution in [3.05, 3.63) is 42.1 Å². The standard InChI is InChI=1S/C19H22N2O4/c1-19(2)12-21(15-5-3-4-6-16(15)25-19)18(22)14-11-24-17(20-14)13-7-9-23-10-8-13/h3-6,11,13H,7-10,12H2,1-2H3. The number of rotatable bonds is 2. The molecule has 0 aliphatic carbocycles. The molecule has 0 saturated carbocycles. The van der Waals surface area contributed by atoms with E-state index in [2.05, 4.69) is 4.98 Å². The monoisotopic (exact) mass is 342 g/mol. The lowest BCUT2D eigenvalue weighted by Gasteiger charge is -2.39. The minimum Gasteiger partial charge on any atom is -0.484 e. The van der Waals surface area contributed by atoms with Gasteiger partial charge in [0.25, 0.3) is 5.91 Å². The molecule has 1 aromatic heterocycles. The summed E-state index contributed by atoms with van der Waals surface area (Å²) in [7, 11) is 0. The number of anilines is 1. The molecule has 0 spiro atoms. The van der Waals surface area contributed by atoms with E-state index in [-0.39, 0.29) is 11.8 Å². The van der Waals surface area contributed by atoms with Crippen molar-refractivity contribution in [3.8, 4) is 5.75 Å². The van der Waals surface area contributed by atoms with Crippen LogP contribution in [0.25, 0.3) is 0 Å². The third-order valence-electron chi connectivity index (χ3n) is 4.64. The number of fused-ring (bicyclic) bond motifs is 1. The number of amides is 1. The number of para-hydroxylation sites is 2. The Labute approximate surface area is 146 Å². The summed E-state index contributed by atoms with van der Waals surface area (Å²) in [5, 5.41) is 0. The Morgan fingerprint density at radius 1 is 1.24 bits per heavy atom. The van der Waals surface area contributed by atoms with Crippen LogP contribution in [0.1, 0.15) is 49.0 Å². The second kappa shape index (κ2) is 6.19. The van der Waals surface area contributed by atoms with Crippen LogP contribution in [-0.4, -0.2) is 36.3 Å². The summed E-state index contributed by atoms with van der Waals surface area (Å²) in [5.74, 6) is 1.40. The van der Waals surface area contributed by atoms with Crippen LogP contribution in [0.15, 0.2) is 34.9 Å². The summed E-state index contributed by atoms with van der Waals surface area (Å²) in [5.41, 5.74) is 0.647. The summed E-state index contributed by atoms with van der Waals surface area (Å²) < 4.78 is 17.0. The van der Waals surface area contributed by atoms with E-state index in [4.69, 9.17) is 13.9 Å². The number of hydrogen-bond donors (Lipinski definition) is 0. The minimum atomic E-state index is -0.461. The highest BCUT2D eigenvalue weighted by Crippen LogP contribution is 2.37. The van der Waals surface area contributed by atoms with Gasteiger partial charge in [0, 0.05) is 19.1 Å². The highest BCUT2D eigenvalue weighted by molar-refractivity contribution is 6.05. The van der Waals surface area contributed by atoms with Gasteiger partial charge in [-0.05, 0) is 38.8 Å². The number of ether oxygens (including phenoxy) is 2. The molecule has 6 nitrogen and oxygen atoms in total. The van der Waals surface area contributed by atoms with Crippen LogP contribution < -0.4 is 9.64 Å². The second-order valence-electron chi connectivity index (χ2n) is 7.18. The van der Waals surface area contributed by atoms with Crippen LogP contribution in [0, 0.1) is 0 Å². The molecule has 0 N–H and O–H groups in total. The van der Waals surface area contributed by atoms with Crippen LogP contribution in [0.3, 0.4) is 0 Å². The molecular formula is C19H22N2O4. The van der Waals surface area contributed by atoms with Crippen LogP contribution in [-0.2, 0) is 4.74 Å². The predicted molar refractivity (Wildman–Crippen MR) is 92.1 cm³/mol. The van der Waals surface area contributed by atoms with Crippen molar-refractivity contribution in [2.45, 2.75) is 38.2 Å². The summed E-state index contributed by atoms with van der Waals surface area (Å²) in [4.78, 5) is 19.3. The molecule has 0 atom stereocenters. The van der Waals surface area contributed by atoms with Gasteiger partial charge in [-0.1, -0.05) is 12.1 Å². The molecule has 1 fully saturated rings. The van der Waals surface area contributed by atoms with Crippen LogP contribution in [0.5, 0.6) is 5.75 Å². The molecule has 25 heavy (non-hydrogen) atoms. The van der Waals surface area contributed by atoms with E-state index >= 15 is 0 Å². The highest BCUT2D eigenvalue weighted by atomic mass is 16.5. The van der Waals surface area contributed by atoms with Gasteiger partial charge >= 0.3 is 0 Å². The molecule has 2 aliphatic heterocycles. The Balaban J connectivity index is 1.61. The van der Waals surface area contributed by atoms with Gasteiger partial charge in [0.15, 0.2) is 11.6 Å². The third-order valence-corrected chi connectivity index (χ3v) is 4.64. The molecular weight excluding hydrogens is 320 g/mol. The first kappa shape index (κ1) is 16.1. The van der Waals surface area contributed by atoms with E-state index in [1.807, 2.05) is 38.1 Å². The fourth-order valence-electron chi connectivity index (χ4n) is 3.40. The van der Waals surface area contributed by atoms with Gasteiger partial charge < -0.3 is 13.9 Å². The van der Waals surface area contributed by atoms with E-state index in [0.29, 0.717) is 37.1 Å². The first-order valence-electron chi connectivity index (χ1n) is 8.66. The molecule has 0 unspecified atom stereocenters. The van der Waals surface area contributed by atoms with Crippen molar-refractivity contribution >= 4 is 11.6 Å². The van der Waals surface area contributed by atoms with E-state index in [0.717, 1.165) is 18.5 Å². The topological polar surface area (TPSA) is 64.8 Å². The van der Waals surface area contributed by atoms with Crippen molar-refractivity contribution in [1.82, 2.24) is 4.98 Å². The maximum absolute atomic E-state index is 13.1. The average Bonchev–Trinajstić information content (AvgIpc) is 3.10. The molecule has 1 aromatic carbocycles. The summed E-state index contributed by atoms with van der Waals surface area (Å²) >= 11 is 0. The highest BCUT2D eigenvalue weighted by Gasteiger charge is 2.36. The Morgan fingerprint density at radius 2 is 2.00 bits per heavy atom. The zero-order valence-corrected chi connectivity index (χ0v) is 14.5. The van der Waals surface area contributed by atoms with E-state index in [9.17, 15) is 4.79 Å². The zero-order chi connectivity index (χ0) is 17.4. The molecule has 1 amide bonds. The number of aromatic nitrogens is 1. The van der Waals surface area contributed by atoms with E-state index < -0.39 is 5.60 Å². The van der Waals surface area contributed by atoms with Crippen molar-refractivity contribution in [3.63, 3.8) is 0 Å². The number of nitrogens with zero attached hydrogens (tertiary/aromatic N) is 2. The Bertz CT molecular complexity index is 777. The number of hydrogen-bond acceptors (Lipinski definition) is 5. The van der Waals surface area contributed by atoms with E-state index in [1.54, 1.807) is 4.90 Å². The SMILES string of the molecule is CC1(C)CN(C(=O)c2coc(C3CCOCC3)n2)c2ccccc2O1. The largest absolute Gasteiger partial charge is 0.484 e. The third kappa shape index (κ3) is 3.14. The lowest BCUT2D eigenvalue weighted by Crippen LogP contribution is -2.49. The van der Waals surface area contributed by atoms with Gasteiger partial charge in [-0.15, -0.1) is 0 Å². The minimum absolute atomic E-state index is 0.161. The van der Waals surface area contributed by atoms with Crippen LogP contribution >= 0.6 is 0 Å². The van der Waals surface area contributed by atoms with Crippen LogP contribution in [0.2, 0.25) is 0 Å². The van der Waals surface area contributed by atoms with Gasteiger partial charge in [-0.25, -0.2) is 4.98 Å². The van der Waals surface area contributed by atoms with E-state index in [1.165, 1.54) is 6.26 Å². The van der Waals surface area contributed by atoms with Gasteiger partial charge in [-0.2, -0.15) is 0 Å². The van der Waals surface area contributed by atoms with Crippen molar-refractivity contribution in [1.29, 1.82) is 0 Å². The van der Waals surface area contributed by atoms with Crippen LogP contribution in [0.4, 0.5) is 5.69 Å². The predicted octanol–water partition coefficient (Wildman–Crippen LogP) is 3.39. The van der Waals surface area contributed by atoms with Gasteiger partial charge in [0.2, 0.25) is 0 Å². The normalized spacial score (nSPS) is 20.0. The fourth-order valence-corrected chi connectivity index (χ4v) is 3.40. The van der Waals surface area contributed by atoms with Gasteiger partial charge in [-0.3, -0.25) is 9.69 Å². The molecule has 2 aliphatic rings. The lowest BCUT2D eigenvalue weighted by molar-refractivity contribution is 0.0794. The first-order chi connectivity index (χ1) is 12.0. The maximum Gasteiger partial charge on any atom is 0.280 e. The Morgan fingerprint density at radius 3 is 2.80 bits per heavy atom. The molecule has 132 valence electrons. The smallest absolute Gasteiger partial charge is 0.280 e. The second-order valence-corrected chi connectivity index (χ2v) is 7.18. The van der Waals surface area contributed by atoms with Crippen molar-refractivity contribution in [2.24, 2.45) is 0 Å². The van der Waals surface area contributed by atoms with Gasteiger partial charge in [0.1, 0.15) is 17.6 Å². The molecule has 4 rings (SSSR count). The summed E-state index contributed by atoms with van der Waals surface area (Å²) in [6.45, 7) is 5.82. The molecule has 6 heteroatoms. The molecule has 0 radical (unpaired) electrons. The fraction of sp³-hybridized carbons (Fsp3) is 0.474. The first-order valence-corrected chi connectivity index (χ1v) is 8.66. The Kier molecular flexibility index (Phi) is 4.00. The Hall–Kier alpha value is -2.34. The lowest BCUT2D eigenvalue weighted by atomic mass is 10.0. The number of carbonyl (C=O) groups is 1. The molecule has 1 saturated heterocycles. The molecule has 2 aromatic rings. The van der Waals surface area contributed by atoms with Gasteiger partial charge in [0.05, 0.1) is 12.2 Å².